The maximum atomic E-state index is 13.0. The van der Waals surface area contributed by atoms with Crippen LogP contribution in [0.2, 0.25) is 0 Å². The summed E-state index contributed by atoms with van der Waals surface area (Å²) in [5, 5.41) is 0. The fraction of sp³-hybridized carbons (Fsp3) is 0.235. The molecular weight excluding hydrogens is 283 g/mol. The van der Waals surface area contributed by atoms with Crippen molar-refractivity contribution in [3.63, 3.8) is 0 Å². The van der Waals surface area contributed by atoms with Gasteiger partial charge in [-0.3, -0.25) is 4.79 Å². The fourth-order valence-corrected chi connectivity index (χ4v) is 2.51. The van der Waals surface area contributed by atoms with Crippen LogP contribution in [0.25, 0.3) is 0 Å². The third-order valence-electron chi connectivity index (χ3n) is 3.65. The number of anilines is 2. The summed E-state index contributed by atoms with van der Waals surface area (Å²) >= 11 is 0. The minimum Gasteiger partial charge on any atom is -0.476 e. The van der Waals surface area contributed by atoms with Gasteiger partial charge in [0.1, 0.15) is 11.6 Å². The minimum absolute atomic E-state index is 0.157. The van der Waals surface area contributed by atoms with E-state index in [0.717, 1.165) is 5.56 Å². The van der Waals surface area contributed by atoms with Gasteiger partial charge in [-0.05, 0) is 49.7 Å². The van der Waals surface area contributed by atoms with Crippen LogP contribution >= 0.6 is 0 Å². The van der Waals surface area contributed by atoms with Crippen LogP contribution in [-0.2, 0) is 11.3 Å². The molecule has 5 heteroatoms. The Labute approximate surface area is 128 Å². The lowest BCUT2D eigenvalue weighted by Crippen LogP contribution is -2.52. The Morgan fingerprint density at radius 3 is 2.55 bits per heavy atom. The molecule has 3 rings (SSSR count). The minimum atomic E-state index is -0.955. The molecule has 0 aliphatic carbocycles. The lowest BCUT2D eigenvalue weighted by molar-refractivity contribution is -0.132. The highest BCUT2D eigenvalue weighted by atomic mass is 19.1. The largest absolute Gasteiger partial charge is 0.476 e. The number of hydrogen-bond donors (Lipinski definition) is 1. The van der Waals surface area contributed by atoms with E-state index in [1.807, 2.05) is 0 Å². The SMILES string of the molecule is CC1(C)Oc2ccc(N)cc2N(Cc2ccc(F)cc2)C1=O. The molecule has 2 aromatic rings. The van der Waals surface area contributed by atoms with Gasteiger partial charge in [-0.25, -0.2) is 4.39 Å². The van der Waals surface area contributed by atoms with Gasteiger partial charge in [0.2, 0.25) is 0 Å². The Kier molecular flexibility index (Phi) is 3.28. The Bertz CT molecular complexity index is 726. The predicted octanol–water partition coefficient (Wildman–Crippen LogP) is 3.11. The molecule has 22 heavy (non-hydrogen) atoms. The lowest BCUT2D eigenvalue weighted by atomic mass is 10.0. The Morgan fingerprint density at radius 1 is 1.18 bits per heavy atom. The van der Waals surface area contributed by atoms with E-state index in [1.54, 1.807) is 49.1 Å². The molecule has 1 aliphatic rings. The fourth-order valence-electron chi connectivity index (χ4n) is 2.51. The summed E-state index contributed by atoms with van der Waals surface area (Å²) in [6.45, 7) is 3.79. The van der Waals surface area contributed by atoms with Gasteiger partial charge in [0, 0.05) is 5.69 Å². The highest BCUT2D eigenvalue weighted by Crippen LogP contribution is 2.39. The van der Waals surface area contributed by atoms with E-state index in [0.29, 0.717) is 23.7 Å². The van der Waals surface area contributed by atoms with Crippen molar-refractivity contribution in [3.05, 3.63) is 53.8 Å². The zero-order valence-corrected chi connectivity index (χ0v) is 12.5. The van der Waals surface area contributed by atoms with Crippen LogP contribution in [0.15, 0.2) is 42.5 Å². The first kappa shape index (κ1) is 14.4. The summed E-state index contributed by atoms with van der Waals surface area (Å²) in [6, 6.07) is 11.3. The van der Waals surface area contributed by atoms with Gasteiger partial charge < -0.3 is 15.4 Å². The van der Waals surface area contributed by atoms with E-state index in [1.165, 1.54) is 12.1 Å². The molecular formula is C17H17FN2O2. The van der Waals surface area contributed by atoms with E-state index >= 15 is 0 Å². The van der Waals surface area contributed by atoms with Crippen molar-refractivity contribution in [2.75, 3.05) is 10.6 Å². The van der Waals surface area contributed by atoms with Crippen molar-refractivity contribution >= 4 is 17.3 Å². The number of nitrogens with two attached hydrogens (primary N) is 1. The van der Waals surface area contributed by atoms with Crippen molar-refractivity contribution < 1.29 is 13.9 Å². The van der Waals surface area contributed by atoms with Gasteiger partial charge in [-0.15, -0.1) is 0 Å². The molecule has 0 aromatic heterocycles. The third kappa shape index (κ3) is 2.50. The molecule has 1 aliphatic heterocycles. The summed E-state index contributed by atoms with van der Waals surface area (Å²) in [4.78, 5) is 14.3. The summed E-state index contributed by atoms with van der Waals surface area (Å²) in [5.74, 6) is 0.151. The van der Waals surface area contributed by atoms with E-state index in [-0.39, 0.29) is 11.7 Å². The maximum absolute atomic E-state index is 13.0. The molecule has 0 saturated carbocycles. The van der Waals surface area contributed by atoms with Crippen molar-refractivity contribution in [1.29, 1.82) is 0 Å². The predicted molar refractivity (Wildman–Crippen MR) is 83.2 cm³/mol. The molecule has 0 fully saturated rings. The molecule has 0 radical (unpaired) electrons. The molecule has 0 spiro atoms. The van der Waals surface area contributed by atoms with Crippen LogP contribution in [0.1, 0.15) is 19.4 Å². The topological polar surface area (TPSA) is 55.6 Å². The summed E-state index contributed by atoms with van der Waals surface area (Å²) < 4.78 is 18.8. The first-order valence-electron chi connectivity index (χ1n) is 7.02. The van der Waals surface area contributed by atoms with Gasteiger partial charge in [0.05, 0.1) is 12.2 Å². The van der Waals surface area contributed by atoms with Gasteiger partial charge >= 0.3 is 0 Å². The Morgan fingerprint density at radius 2 is 1.86 bits per heavy atom. The van der Waals surface area contributed by atoms with E-state index in [9.17, 15) is 9.18 Å². The smallest absolute Gasteiger partial charge is 0.271 e. The summed E-state index contributed by atoms with van der Waals surface area (Å²) in [6.07, 6.45) is 0. The van der Waals surface area contributed by atoms with Gasteiger partial charge in [-0.1, -0.05) is 12.1 Å². The molecule has 1 amide bonds. The van der Waals surface area contributed by atoms with Gasteiger partial charge in [0.25, 0.3) is 5.91 Å². The second-order valence-corrected chi connectivity index (χ2v) is 5.86. The third-order valence-corrected chi connectivity index (χ3v) is 3.65. The lowest BCUT2D eigenvalue weighted by Gasteiger charge is -2.39. The van der Waals surface area contributed by atoms with Crippen molar-refractivity contribution in [2.45, 2.75) is 26.0 Å². The number of carbonyl (C=O) groups excluding carboxylic acids is 1. The monoisotopic (exact) mass is 300 g/mol. The molecule has 0 unspecified atom stereocenters. The number of carbonyl (C=O) groups is 1. The van der Waals surface area contributed by atoms with Crippen LogP contribution in [0.5, 0.6) is 5.75 Å². The Balaban J connectivity index is 2.02. The average molecular weight is 300 g/mol. The maximum Gasteiger partial charge on any atom is 0.271 e. The highest BCUT2D eigenvalue weighted by Gasteiger charge is 2.40. The number of hydrogen-bond acceptors (Lipinski definition) is 3. The second kappa shape index (κ2) is 5.02. The van der Waals surface area contributed by atoms with E-state index in [4.69, 9.17) is 10.5 Å². The zero-order valence-electron chi connectivity index (χ0n) is 12.5. The molecule has 0 atom stereocenters. The standard InChI is InChI=1S/C17H17FN2O2/c1-17(2)16(21)20(10-11-3-5-12(18)6-4-11)14-9-13(19)7-8-15(14)22-17/h3-9H,10,19H2,1-2H3. The van der Waals surface area contributed by atoms with Gasteiger partial charge in [-0.2, -0.15) is 0 Å². The molecule has 2 aromatic carbocycles. The molecule has 1 heterocycles. The molecule has 4 nitrogen and oxygen atoms in total. The normalized spacial score (nSPS) is 16.1. The van der Waals surface area contributed by atoms with E-state index in [2.05, 4.69) is 0 Å². The van der Waals surface area contributed by atoms with Crippen molar-refractivity contribution in [2.24, 2.45) is 0 Å². The van der Waals surface area contributed by atoms with Crippen LogP contribution in [0, 0.1) is 5.82 Å². The first-order valence-corrected chi connectivity index (χ1v) is 7.02. The number of rotatable bonds is 2. The van der Waals surface area contributed by atoms with E-state index < -0.39 is 5.60 Å². The number of ether oxygens (including phenoxy) is 1. The second-order valence-electron chi connectivity index (χ2n) is 5.86. The van der Waals surface area contributed by atoms with Crippen LogP contribution in [-0.4, -0.2) is 11.5 Å². The number of nitrogen functional groups attached to an aromatic ring is 1. The molecule has 0 bridgehead atoms. The van der Waals surface area contributed by atoms with Crippen molar-refractivity contribution in [3.8, 4) is 5.75 Å². The van der Waals surface area contributed by atoms with Crippen LogP contribution in [0.3, 0.4) is 0 Å². The van der Waals surface area contributed by atoms with Crippen LogP contribution in [0.4, 0.5) is 15.8 Å². The number of fused-ring (bicyclic) bond motifs is 1. The highest BCUT2D eigenvalue weighted by molar-refractivity contribution is 6.02. The first-order chi connectivity index (χ1) is 10.4. The zero-order chi connectivity index (χ0) is 15.9. The molecule has 2 N–H and O–H groups in total. The molecule has 114 valence electrons. The number of benzene rings is 2. The van der Waals surface area contributed by atoms with Crippen LogP contribution < -0.4 is 15.4 Å². The average Bonchev–Trinajstić information content (AvgIpc) is 2.47. The number of amides is 1. The summed E-state index contributed by atoms with van der Waals surface area (Å²) in [5.41, 5.74) is 6.89. The summed E-state index contributed by atoms with van der Waals surface area (Å²) in [7, 11) is 0. The molecule has 0 saturated heterocycles. The van der Waals surface area contributed by atoms with Crippen molar-refractivity contribution in [1.82, 2.24) is 0 Å². The quantitative estimate of drug-likeness (QED) is 0.867. The van der Waals surface area contributed by atoms with Gasteiger partial charge in [0.15, 0.2) is 5.60 Å². The Hall–Kier alpha value is -2.56. The number of nitrogens with zero attached hydrogens (tertiary/aromatic N) is 1. The number of halogens is 1.